The van der Waals surface area contributed by atoms with Gasteiger partial charge >= 0.3 is 0 Å². The Hall–Kier alpha value is -2.41. The molecule has 0 aliphatic heterocycles. The maximum absolute atomic E-state index is 13.2. The molecule has 0 spiro atoms. The van der Waals surface area contributed by atoms with Crippen LogP contribution in [-0.4, -0.2) is 4.98 Å². The number of pyridine rings is 1. The summed E-state index contributed by atoms with van der Waals surface area (Å²) < 4.78 is 13.2. The van der Waals surface area contributed by atoms with Gasteiger partial charge in [0.2, 0.25) is 0 Å². The van der Waals surface area contributed by atoms with Crippen molar-refractivity contribution in [1.29, 1.82) is 5.26 Å². The maximum atomic E-state index is 13.2. The van der Waals surface area contributed by atoms with Crippen LogP contribution in [0, 0.1) is 23.1 Å². The molecule has 0 amide bonds. The molecule has 0 radical (unpaired) electrons. The van der Waals surface area contributed by atoms with Crippen LogP contribution in [0.25, 0.3) is 0 Å². The number of halogens is 1. The Morgan fingerprint density at radius 1 is 1.14 bits per heavy atom. The fourth-order valence-electron chi connectivity index (χ4n) is 3.14. The molecule has 1 fully saturated rings. The summed E-state index contributed by atoms with van der Waals surface area (Å²) in [6.45, 7) is 0. The van der Waals surface area contributed by atoms with Gasteiger partial charge in [-0.1, -0.05) is 25.0 Å². The summed E-state index contributed by atoms with van der Waals surface area (Å²) in [5, 5.41) is 12.3. The van der Waals surface area contributed by atoms with Crippen molar-refractivity contribution in [3.8, 4) is 6.07 Å². The molecule has 112 valence electrons. The molecule has 3 rings (SSSR count). The van der Waals surface area contributed by atoms with Crippen LogP contribution in [0.4, 0.5) is 10.2 Å². The van der Waals surface area contributed by atoms with Crippen molar-refractivity contribution in [2.75, 3.05) is 5.32 Å². The van der Waals surface area contributed by atoms with E-state index in [-0.39, 0.29) is 11.9 Å². The normalized spacial score (nSPS) is 16.2. The topological polar surface area (TPSA) is 48.7 Å². The van der Waals surface area contributed by atoms with E-state index in [1.807, 2.05) is 18.2 Å². The summed E-state index contributed by atoms with van der Waals surface area (Å²) in [5.74, 6) is 1.06. The molecule has 4 heteroatoms. The maximum Gasteiger partial charge on any atom is 0.126 e. The van der Waals surface area contributed by atoms with Gasteiger partial charge in [0.25, 0.3) is 0 Å². The van der Waals surface area contributed by atoms with E-state index >= 15 is 0 Å². The smallest absolute Gasteiger partial charge is 0.126 e. The second kappa shape index (κ2) is 6.57. The number of hydrogen-bond donors (Lipinski definition) is 1. The highest BCUT2D eigenvalue weighted by Gasteiger charge is 2.26. The van der Waals surface area contributed by atoms with Gasteiger partial charge in [-0.2, -0.15) is 5.26 Å². The lowest BCUT2D eigenvalue weighted by atomic mass is 9.91. The van der Waals surface area contributed by atoms with Gasteiger partial charge in [-0.3, -0.25) is 0 Å². The summed E-state index contributed by atoms with van der Waals surface area (Å²) in [6.07, 6.45) is 6.39. The molecule has 1 unspecified atom stereocenters. The molecule has 0 saturated heterocycles. The Morgan fingerprint density at radius 3 is 2.45 bits per heavy atom. The van der Waals surface area contributed by atoms with Gasteiger partial charge in [0, 0.05) is 6.20 Å². The molecular weight excluding hydrogens is 277 g/mol. The first-order valence-corrected chi connectivity index (χ1v) is 7.64. The predicted molar refractivity (Wildman–Crippen MR) is 83.7 cm³/mol. The Labute approximate surface area is 129 Å². The van der Waals surface area contributed by atoms with Gasteiger partial charge in [-0.05, 0) is 48.6 Å². The van der Waals surface area contributed by atoms with Crippen molar-refractivity contribution in [1.82, 2.24) is 4.98 Å². The van der Waals surface area contributed by atoms with E-state index in [9.17, 15) is 4.39 Å². The van der Waals surface area contributed by atoms with E-state index in [2.05, 4.69) is 16.4 Å². The van der Waals surface area contributed by atoms with Crippen LogP contribution >= 0.6 is 0 Å². The fraction of sp³-hybridized carbons (Fsp3) is 0.333. The lowest BCUT2D eigenvalue weighted by Gasteiger charge is -2.25. The second-order valence-electron chi connectivity index (χ2n) is 5.76. The van der Waals surface area contributed by atoms with Crippen molar-refractivity contribution in [2.45, 2.75) is 31.7 Å². The summed E-state index contributed by atoms with van der Waals surface area (Å²) in [6, 6.07) is 12.5. The van der Waals surface area contributed by atoms with E-state index in [1.165, 1.54) is 37.8 Å². The van der Waals surface area contributed by atoms with Crippen LogP contribution in [0.5, 0.6) is 0 Å². The minimum atomic E-state index is -0.217. The zero-order chi connectivity index (χ0) is 15.4. The van der Waals surface area contributed by atoms with Crippen LogP contribution in [0.1, 0.15) is 42.9 Å². The first kappa shape index (κ1) is 14.5. The number of nitriles is 1. The molecule has 1 aromatic carbocycles. The third-order valence-electron chi connectivity index (χ3n) is 4.30. The molecule has 2 aromatic rings. The van der Waals surface area contributed by atoms with Gasteiger partial charge in [-0.25, -0.2) is 9.37 Å². The number of benzene rings is 1. The molecule has 3 nitrogen and oxygen atoms in total. The van der Waals surface area contributed by atoms with E-state index in [1.54, 1.807) is 12.3 Å². The zero-order valence-corrected chi connectivity index (χ0v) is 12.3. The lowest BCUT2D eigenvalue weighted by Crippen LogP contribution is -2.19. The van der Waals surface area contributed by atoms with Crippen LogP contribution in [0.3, 0.4) is 0 Å². The van der Waals surface area contributed by atoms with E-state index < -0.39 is 0 Å². The van der Waals surface area contributed by atoms with E-state index in [0.29, 0.717) is 11.5 Å². The standard InChI is InChI=1S/C18H18FN3/c19-16-8-6-15(7-9-16)18(14-3-1-2-4-14)22-17-10-5-13(11-20)12-21-17/h5-10,12,14,18H,1-4H2,(H,21,22). The number of nitrogens with zero attached hydrogens (tertiary/aromatic N) is 2. The summed E-state index contributed by atoms with van der Waals surface area (Å²) >= 11 is 0. The molecule has 1 saturated carbocycles. The van der Waals surface area contributed by atoms with Crippen molar-refractivity contribution >= 4 is 5.82 Å². The van der Waals surface area contributed by atoms with Gasteiger partial charge in [-0.15, -0.1) is 0 Å². The zero-order valence-electron chi connectivity index (χ0n) is 12.3. The largest absolute Gasteiger partial charge is 0.363 e. The highest BCUT2D eigenvalue weighted by Crippen LogP contribution is 2.37. The Morgan fingerprint density at radius 2 is 1.86 bits per heavy atom. The lowest BCUT2D eigenvalue weighted by molar-refractivity contribution is 0.468. The van der Waals surface area contributed by atoms with Crippen LogP contribution in [0.2, 0.25) is 0 Å². The number of hydrogen-bond acceptors (Lipinski definition) is 3. The minimum Gasteiger partial charge on any atom is -0.363 e. The molecule has 1 aliphatic carbocycles. The predicted octanol–water partition coefficient (Wildman–Crippen LogP) is 4.44. The Bertz CT molecular complexity index is 652. The summed E-state index contributed by atoms with van der Waals surface area (Å²) in [5.41, 5.74) is 1.63. The number of anilines is 1. The summed E-state index contributed by atoms with van der Waals surface area (Å²) in [7, 11) is 0. The molecule has 22 heavy (non-hydrogen) atoms. The summed E-state index contributed by atoms with van der Waals surface area (Å²) in [4.78, 5) is 4.30. The Kier molecular flexibility index (Phi) is 4.34. The van der Waals surface area contributed by atoms with E-state index in [4.69, 9.17) is 5.26 Å². The average molecular weight is 295 g/mol. The highest BCUT2D eigenvalue weighted by molar-refractivity contribution is 5.42. The SMILES string of the molecule is N#Cc1ccc(NC(c2ccc(F)cc2)C2CCCC2)nc1. The molecule has 1 aromatic heterocycles. The van der Waals surface area contributed by atoms with Crippen molar-refractivity contribution in [3.05, 3.63) is 59.5 Å². The van der Waals surface area contributed by atoms with Crippen molar-refractivity contribution < 1.29 is 4.39 Å². The van der Waals surface area contributed by atoms with Crippen molar-refractivity contribution in [3.63, 3.8) is 0 Å². The van der Waals surface area contributed by atoms with Crippen LogP contribution < -0.4 is 5.32 Å². The monoisotopic (exact) mass is 295 g/mol. The Balaban J connectivity index is 1.84. The van der Waals surface area contributed by atoms with Crippen LogP contribution in [0.15, 0.2) is 42.6 Å². The third-order valence-corrected chi connectivity index (χ3v) is 4.30. The molecule has 1 atom stereocenters. The molecule has 0 bridgehead atoms. The van der Waals surface area contributed by atoms with Gasteiger partial charge < -0.3 is 5.32 Å². The number of nitrogens with one attached hydrogen (secondary N) is 1. The van der Waals surface area contributed by atoms with Crippen molar-refractivity contribution in [2.24, 2.45) is 5.92 Å². The quantitative estimate of drug-likeness (QED) is 0.907. The minimum absolute atomic E-state index is 0.128. The molecule has 1 N–H and O–H groups in total. The highest BCUT2D eigenvalue weighted by atomic mass is 19.1. The average Bonchev–Trinajstić information content (AvgIpc) is 3.08. The second-order valence-corrected chi connectivity index (χ2v) is 5.76. The third kappa shape index (κ3) is 3.25. The first-order valence-electron chi connectivity index (χ1n) is 7.64. The number of rotatable bonds is 4. The van der Waals surface area contributed by atoms with Gasteiger partial charge in [0.1, 0.15) is 17.7 Å². The van der Waals surface area contributed by atoms with E-state index in [0.717, 1.165) is 11.4 Å². The molecular formula is C18H18FN3. The number of aromatic nitrogens is 1. The molecule has 1 heterocycles. The fourth-order valence-corrected chi connectivity index (χ4v) is 3.14. The van der Waals surface area contributed by atoms with Crippen LogP contribution in [-0.2, 0) is 0 Å². The molecule has 1 aliphatic rings. The van der Waals surface area contributed by atoms with Gasteiger partial charge in [0.15, 0.2) is 0 Å². The first-order chi connectivity index (χ1) is 10.8. The van der Waals surface area contributed by atoms with Gasteiger partial charge in [0.05, 0.1) is 11.6 Å².